The van der Waals surface area contributed by atoms with Crippen molar-refractivity contribution >= 4 is 11.9 Å². The van der Waals surface area contributed by atoms with Crippen LogP contribution in [0.25, 0.3) is 0 Å². The monoisotopic (exact) mass is 309 g/mol. The van der Waals surface area contributed by atoms with Crippen LogP contribution < -0.4 is 0 Å². The van der Waals surface area contributed by atoms with E-state index in [1.165, 1.54) is 0 Å². The molecule has 0 spiro atoms. The molecule has 1 atom stereocenters. The van der Waals surface area contributed by atoms with E-state index in [9.17, 15) is 9.59 Å². The first-order valence-electron chi connectivity index (χ1n) is 7.80. The molecule has 3 rings (SSSR count). The summed E-state index contributed by atoms with van der Waals surface area (Å²) >= 11 is 0. The summed E-state index contributed by atoms with van der Waals surface area (Å²) in [5.41, 5.74) is 2.58. The Kier molecular flexibility index (Phi) is 4.42. The number of carbonyl (C=O) groups excluding carboxylic acids is 2. The molecule has 0 N–H and O–H groups in total. The highest BCUT2D eigenvalue weighted by Gasteiger charge is 2.35. The molecule has 0 bridgehead atoms. The number of esters is 1. The number of hydrogen-bond acceptors (Lipinski definition) is 3. The molecule has 1 aliphatic rings. The van der Waals surface area contributed by atoms with Crippen molar-refractivity contribution < 1.29 is 14.3 Å². The van der Waals surface area contributed by atoms with Gasteiger partial charge >= 0.3 is 5.97 Å². The lowest BCUT2D eigenvalue weighted by atomic mass is 10.1. The molecule has 1 heterocycles. The maximum absolute atomic E-state index is 12.5. The third kappa shape index (κ3) is 3.11. The van der Waals surface area contributed by atoms with E-state index in [1.807, 2.05) is 55.5 Å². The number of carbonyl (C=O) groups is 2. The first kappa shape index (κ1) is 15.3. The normalized spacial score (nSPS) is 14.5. The van der Waals surface area contributed by atoms with E-state index in [2.05, 4.69) is 0 Å². The lowest BCUT2D eigenvalue weighted by molar-refractivity contribution is -0.150. The van der Waals surface area contributed by atoms with E-state index in [-0.39, 0.29) is 18.5 Å². The van der Waals surface area contributed by atoms with Gasteiger partial charge in [-0.05, 0) is 23.6 Å². The summed E-state index contributed by atoms with van der Waals surface area (Å²) < 4.78 is 5.41. The van der Waals surface area contributed by atoms with Gasteiger partial charge in [-0.25, -0.2) is 4.79 Å². The number of amides is 1. The van der Waals surface area contributed by atoms with Gasteiger partial charge in [0.25, 0.3) is 5.91 Å². The Morgan fingerprint density at radius 3 is 2.52 bits per heavy atom. The van der Waals surface area contributed by atoms with Crippen molar-refractivity contribution in [2.24, 2.45) is 0 Å². The van der Waals surface area contributed by atoms with Crippen molar-refractivity contribution in [3.05, 3.63) is 71.3 Å². The molecule has 23 heavy (non-hydrogen) atoms. The summed E-state index contributed by atoms with van der Waals surface area (Å²) in [6, 6.07) is 16.5. The lowest BCUT2D eigenvalue weighted by Crippen LogP contribution is -2.41. The highest BCUT2D eigenvalue weighted by molar-refractivity contribution is 6.00. The minimum atomic E-state index is -0.543. The maximum atomic E-state index is 12.5. The summed E-state index contributed by atoms with van der Waals surface area (Å²) in [5.74, 6) is -0.443. The lowest BCUT2D eigenvalue weighted by Gasteiger charge is -2.25. The van der Waals surface area contributed by atoms with Gasteiger partial charge in [-0.1, -0.05) is 55.5 Å². The van der Waals surface area contributed by atoms with Crippen LogP contribution in [0.2, 0.25) is 0 Å². The number of hydrogen-bond donors (Lipinski definition) is 0. The fourth-order valence-corrected chi connectivity index (χ4v) is 2.87. The Balaban J connectivity index is 1.68. The average molecular weight is 309 g/mol. The van der Waals surface area contributed by atoms with Crippen LogP contribution in [-0.2, 0) is 22.7 Å². The fraction of sp³-hybridized carbons (Fsp3) is 0.263. The third-order valence-electron chi connectivity index (χ3n) is 4.11. The summed E-state index contributed by atoms with van der Waals surface area (Å²) in [6.07, 6.45) is 0.535. The Labute approximate surface area is 135 Å². The van der Waals surface area contributed by atoms with E-state index in [0.29, 0.717) is 18.5 Å². The summed E-state index contributed by atoms with van der Waals surface area (Å²) in [4.78, 5) is 26.5. The van der Waals surface area contributed by atoms with Crippen molar-refractivity contribution in [3.8, 4) is 0 Å². The Morgan fingerprint density at radius 1 is 1.13 bits per heavy atom. The molecule has 1 unspecified atom stereocenters. The SMILES string of the molecule is CCC(C(=O)OCc1ccccc1)N1Cc2ccccc2C1=O. The van der Waals surface area contributed by atoms with Gasteiger partial charge in [0, 0.05) is 12.1 Å². The summed E-state index contributed by atoms with van der Waals surface area (Å²) in [6.45, 7) is 2.59. The zero-order chi connectivity index (χ0) is 16.2. The number of ether oxygens (including phenoxy) is 1. The van der Waals surface area contributed by atoms with Crippen LogP contribution in [0.15, 0.2) is 54.6 Å². The van der Waals surface area contributed by atoms with E-state index in [4.69, 9.17) is 4.74 Å². The Hall–Kier alpha value is -2.62. The van der Waals surface area contributed by atoms with E-state index < -0.39 is 6.04 Å². The molecule has 4 nitrogen and oxygen atoms in total. The molecule has 0 aromatic heterocycles. The van der Waals surface area contributed by atoms with Crippen molar-refractivity contribution in [2.75, 3.05) is 0 Å². The molecule has 4 heteroatoms. The topological polar surface area (TPSA) is 46.6 Å². The molecule has 0 radical (unpaired) electrons. The average Bonchev–Trinajstić information content (AvgIpc) is 2.92. The Morgan fingerprint density at radius 2 is 1.83 bits per heavy atom. The predicted molar refractivity (Wildman–Crippen MR) is 86.6 cm³/mol. The third-order valence-corrected chi connectivity index (χ3v) is 4.11. The van der Waals surface area contributed by atoms with E-state index in [1.54, 1.807) is 11.0 Å². The molecule has 2 aromatic carbocycles. The first-order valence-corrected chi connectivity index (χ1v) is 7.80. The highest BCUT2D eigenvalue weighted by Crippen LogP contribution is 2.26. The van der Waals surface area contributed by atoms with Crippen LogP contribution >= 0.6 is 0 Å². The van der Waals surface area contributed by atoms with Gasteiger partial charge in [0.1, 0.15) is 12.6 Å². The molecule has 2 aromatic rings. The standard InChI is InChI=1S/C19H19NO3/c1-2-17(19(22)23-13-14-8-4-3-5-9-14)20-12-15-10-6-7-11-16(15)18(20)21/h3-11,17H,2,12-13H2,1H3. The highest BCUT2D eigenvalue weighted by atomic mass is 16.5. The summed E-state index contributed by atoms with van der Waals surface area (Å²) in [7, 11) is 0. The molecule has 1 amide bonds. The van der Waals surface area contributed by atoms with Crippen LogP contribution in [0, 0.1) is 0 Å². The van der Waals surface area contributed by atoms with Gasteiger partial charge in [-0.2, -0.15) is 0 Å². The van der Waals surface area contributed by atoms with Crippen LogP contribution in [0.4, 0.5) is 0 Å². The van der Waals surface area contributed by atoms with Crippen molar-refractivity contribution in [1.82, 2.24) is 4.90 Å². The van der Waals surface area contributed by atoms with Gasteiger partial charge in [-0.15, -0.1) is 0 Å². The molecular weight excluding hydrogens is 290 g/mol. The fourth-order valence-electron chi connectivity index (χ4n) is 2.87. The Bertz CT molecular complexity index is 712. The zero-order valence-corrected chi connectivity index (χ0v) is 13.1. The second-order valence-corrected chi connectivity index (χ2v) is 5.61. The van der Waals surface area contributed by atoms with E-state index in [0.717, 1.165) is 11.1 Å². The molecule has 0 saturated heterocycles. The number of benzene rings is 2. The first-order chi connectivity index (χ1) is 11.2. The van der Waals surface area contributed by atoms with Crippen LogP contribution in [0.5, 0.6) is 0 Å². The molecular formula is C19H19NO3. The van der Waals surface area contributed by atoms with Gasteiger partial charge in [0.15, 0.2) is 0 Å². The quantitative estimate of drug-likeness (QED) is 0.797. The number of fused-ring (bicyclic) bond motifs is 1. The van der Waals surface area contributed by atoms with Gasteiger partial charge in [-0.3, -0.25) is 4.79 Å². The maximum Gasteiger partial charge on any atom is 0.329 e. The van der Waals surface area contributed by atoms with Gasteiger partial charge in [0.05, 0.1) is 0 Å². The minimum absolute atomic E-state index is 0.0934. The van der Waals surface area contributed by atoms with Crippen molar-refractivity contribution in [1.29, 1.82) is 0 Å². The largest absolute Gasteiger partial charge is 0.459 e. The molecule has 0 fully saturated rings. The molecule has 0 saturated carbocycles. The smallest absolute Gasteiger partial charge is 0.329 e. The van der Waals surface area contributed by atoms with Crippen molar-refractivity contribution in [3.63, 3.8) is 0 Å². The van der Waals surface area contributed by atoms with Gasteiger partial charge in [0.2, 0.25) is 0 Å². The van der Waals surface area contributed by atoms with Crippen LogP contribution in [0.3, 0.4) is 0 Å². The van der Waals surface area contributed by atoms with Crippen molar-refractivity contribution in [2.45, 2.75) is 32.5 Å². The predicted octanol–water partition coefficient (Wildman–Crippen LogP) is 3.16. The minimum Gasteiger partial charge on any atom is -0.459 e. The van der Waals surface area contributed by atoms with E-state index >= 15 is 0 Å². The second-order valence-electron chi connectivity index (χ2n) is 5.61. The number of nitrogens with zero attached hydrogens (tertiary/aromatic N) is 1. The van der Waals surface area contributed by atoms with Crippen LogP contribution in [-0.4, -0.2) is 22.8 Å². The van der Waals surface area contributed by atoms with Gasteiger partial charge < -0.3 is 9.64 Å². The molecule has 118 valence electrons. The number of rotatable bonds is 5. The second kappa shape index (κ2) is 6.65. The molecule has 0 aliphatic carbocycles. The molecule has 1 aliphatic heterocycles. The van der Waals surface area contributed by atoms with Crippen LogP contribution in [0.1, 0.15) is 34.8 Å². The zero-order valence-electron chi connectivity index (χ0n) is 13.1. The summed E-state index contributed by atoms with van der Waals surface area (Å²) in [5, 5.41) is 0.